The molecule has 2 aliphatic heterocycles. The Morgan fingerprint density at radius 1 is 0.906 bits per heavy atom. The number of aromatic amines is 1. The Balaban J connectivity index is 1.65. The molecule has 0 amide bonds. The number of fused-ring (bicyclic) bond motifs is 1. The molecule has 0 aliphatic carbocycles. The number of aromatic nitrogens is 3. The van der Waals surface area contributed by atoms with E-state index in [1.807, 2.05) is 61.5 Å². The lowest BCUT2D eigenvalue weighted by Crippen LogP contribution is -2.17. The first kappa shape index (κ1) is 19.9. The zero-order chi connectivity index (χ0) is 22.1. The molecule has 0 bridgehead atoms. The summed E-state index contributed by atoms with van der Waals surface area (Å²) in [5, 5.41) is 0. The third-order valence-corrected chi connectivity index (χ3v) is 5.56. The van der Waals surface area contributed by atoms with Crippen LogP contribution in [0.3, 0.4) is 0 Å². The predicted octanol–water partition coefficient (Wildman–Crippen LogP) is 5.29. The molecule has 0 radical (unpaired) electrons. The number of benzene rings is 3. The van der Waals surface area contributed by atoms with E-state index in [4.69, 9.17) is 4.98 Å². The molecule has 158 valence electrons. The summed E-state index contributed by atoms with van der Waals surface area (Å²) in [6.45, 7) is 2.03. The fourth-order valence-corrected chi connectivity index (χ4v) is 4.05. The van der Waals surface area contributed by atoms with Gasteiger partial charge in [0.15, 0.2) is 5.82 Å². The van der Waals surface area contributed by atoms with Crippen LogP contribution in [0.2, 0.25) is 0 Å². The van der Waals surface area contributed by atoms with Crippen molar-refractivity contribution >= 4 is 0 Å². The molecule has 0 unspecified atom stereocenters. The number of hydrogen-bond acceptors (Lipinski definition) is 2. The van der Waals surface area contributed by atoms with Crippen LogP contribution in [-0.4, -0.2) is 14.5 Å². The average molecular weight is 423 g/mol. The minimum atomic E-state index is -0.286. The third kappa shape index (κ3) is 3.97. The summed E-state index contributed by atoms with van der Waals surface area (Å²) in [5.41, 5.74) is 5.90. The first-order valence-corrected chi connectivity index (χ1v) is 10.6. The second kappa shape index (κ2) is 8.27. The number of nitrogens with one attached hydrogen (secondary N) is 1. The van der Waals surface area contributed by atoms with Crippen LogP contribution < -0.4 is 5.56 Å². The maximum absolute atomic E-state index is 13.8. The maximum atomic E-state index is 13.8. The molecular weight excluding hydrogens is 401 g/mol. The second-order valence-corrected chi connectivity index (χ2v) is 8.04. The van der Waals surface area contributed by atoms with E-state index < -0.39 is 0 Å². The Morgan fingerprint density at radius 3 is 2.41 bits per heavy atom. The Bertz CT molecular complexity index is 1420. The Labute approximate surface area is 185 Å². The molecule has 5 heteroatoms. The Morgan fingerprint density at radius 2 is 1.66 bits per heavy atom. The molecule has 0 saturated carbocycles. The van der Waals surface area contributed by atoms with Gasteiger partial charge in [0.05, 0.1) is 11.4 Å². The second-order valence-electron chi connectivity index (χ2n) is 8.04. The van der Waals surface area contributed by atoms with Gasteiger partial charge in [-0.1, -0.05) is 72.3 Å². The van der Waals surface area contributed by atoms with Crippen molar-refractivity contribution in [1.82, 2.24) is 14.5 Å². The minimum Gasteiger partial charge on any atom is -0.354 e. The highest BCUT2D eigenvalue weighted by Crippen LogP contribution is 2.24. The van der Waals surface area contributed by atoms with Gasteiger partial charge in [-0.2, -0.15) is 0 Å². The van der Waals surface area contributed by atoms with Gasteiger partial charge in [-0.25, -0.2) is 9.37 Å². The molecule has 0 saturated heterocycles. The predicted molar refractivity (Wildman–Crippen MR) is 124 cm³/mol. The van der Waals surface area contributed by atoms with Gasteiger partial charge in [0, 0.05) is 19.0 Å². The van der Waals surface area contributed by atoms with Crippen LogP contribution in [0.5, 0.6) is 0 Å². The van der Waals surface area contributed by atoms with Crippen LogP contribution >= 0.6 is 0 Å². The summed E-state index contributed by atoms with van der Waals surface area (Å²) in [4.78, 5) is 21.4. The zero-order valence-corrected chi connectivity index (χ0v) is 17.7. The van der Waals surface area contributed by atoms with E-state index in [-0.39, 0.29) is 11.4 Å². The van der Waals surface area contributed by atoms with E-state index >= 15 is 0 Å². The molecule has 0 aromatic heterocycles. The molecule has 5 rings (SSSR count). The minimum absolute atomic E-state index is 0.131. The highest BCUT2D eigenvalue weighted by Gasteiger charge is 2.20. The van der Waals surface area contributed by atoms with Gasteiger partial charge in [0.1, 0.15) is 11.5 Å². The van der Waals surface area contributed by atoms with Crippen LogP contribution in [0.15, 0.2) is 89.9 Å². The van der Waals surface area contributed by atoms with Crippen molar-refractivity contribution < 1.29 is 4.39 Å². The number of halogens is 1. The Kier molecular flexibility index (Phi) is 5.15. The fourth-order valence-electron chi connectivity index (χ4n) is 4.05. The van der Waals surface area contributed by atoms with Crippen LogP contribution in [-0.2, 0) is 12.8 Å². The van der Waals surface area contributed by atoms with E-state index in [0.717, 1.165) is 33.6 Å². The van der Waals surface area contributed by atoms with Gasteiger partial charge in [-0.05, 0) is 35.7 Å². The first-order chi connectivity index (χ1) is 15.6. The van der Waals surface area contributed by atoms with Gasteiger partial charge in [0.25, 0.3) is 5.56 Å². The molecule has 0 atom stereocenters. The normalized spacial score (nSPS) is 11.2. The van der Waals surface area contributed by atoms with E-state index in [1.54, 1.807) is 16.8 Å². The summed E-state index contributed by atoms with van der Waals surface area (Å²) < 4.78 is 15.4. The molecule has 32 heavy (non-hydrogen) atoms. The van der Waals surface area contributed by atoms with Crippen molar-refractivity contribution in [3.05, 3.63) is 129 Å². The average Bonchev–Trinajstić information content (AvgIpc) is 3.10. The van der Waals surface area contributed by atoms with Crippen molar-refractivity contribution in [2.45, 2.75) is 19.8 Å². The first-order valence-electron chi connectivity index (χ1n) is 10.6. The van der Waals surface area contributed by atoms with Crippen LogP contribution in [0.1, 0.15) is 28.1 Å². The van der Waals surface area contributed by atoms with Crippen molar-refractivity contribution in [3.63, 3.8) is 0 Å². The number of rotatable bonds is 5. The summed E-state index contributed by atoms with van der Waals surface area (Å²) in [7, 11) is 0. The van der Waals surface area contributed by atoms with E-state index in [1.165, 1.54) is 12.1 Å². The van der Waals surface area contributed by atoms with Gasteiger partial charge < -0.3 is 4.98 Å². The molecule has 3 aromatic carbocycles. The van der Waals surface area contributed by atoms with Gasteiger partial charge in [-0.15, -0.1) is 0 Å². The highest BCUT2D eigenvalue weighted by atomic mass is 19.1. The number of aryl methyl sites for hydroxylation is 1. The van der Waals surface area contributed by atoms with Gasteiger partial charge in [-0.3, -0.25) is 9.36 Å². The van der Waals surface area contributed by atoms with Crippen molar-refractivity contribution in [2.24, 2.45) is 0 Å². The monoisotopic (exact) mass is 423 g/mol. The van der Waals surface area contributed by atoms with Crippen molar-refractivity contribution in [3.8, 4) is 17.1 Å². The largest absolute Gasteiger partial charge is 0.354 e. The molecule has 2 heterocycles. The molecule has 1 N–H and O–H groups in total. The Hall–Kier alpha value is -3.99. The summed E-state index contributed by atoms with van der Waals surface area (Å²) in [5.74, 6) is 0.285. The van der Waals surface area contributed by atoms with E-state index in [0.29, 0.717) is 24.4 Å². The lowest BCUT2D eigenvalue weighted by Gasteiger charge is -2.13. The van der Waals surface area contributed by atoms with Gasteiger partial charge >= 0.3 is 0 Å². The molecular formula is C27H22FN3O. The standard InChI is InChI=1S/C27H22FN3O/c1-18-7-5-8-19(13-18)16-24-27(32)31-17-25(21-10-3-2-4-11-21)29-23(26(31)30-24)15-20-9-6-12-22(28)14-20/h2-14,17,29H,15-16H2,1H3. The third-order valence-electron chi connectivity index (χ3n) is 5.56. The van der Waals surface area contributed by atoms with Crippen LogP contribution in [0, 0.1) is 12.7 Å². The zero-order valence-electron chi connectivity index (χ0n) is 17.7. The van der Waals surface area contributed by atoms with Crippen molar-refractivity contribution in [2.75, 3.05) is 0 Å². The van der Waals surface area contributed by atoms with Crippen LogP contribution in [0.25, 0.3) is 17.1 Å². The summed E-state index contributed by atoms with van der Waals surface area (Å²) >= 11 is 0. The smallest absolute Gasteiger partial charge is 0.278 e. The van der Waals surface area contributed by atoms with Gasteiger partial charge in [0.2, 0.25) is 0 Å². The summed E-state index contributed by atoms with van der Waals surface area (Å²) in [6.07, 6.45) is 2.69. The number of imidazole rings is 1. The van der Waals surface area contributed by atoms with Crippen molar-refractivity contribution in [1.29, 1.82) is 0 Å². The molecule has 0 fully saturated rings. The maximum Gasteiger partial charge on any atom is 0.278 e. The molecule has 3 aromatic rings. The molecule has 4 nitrogen and oxygen atoms in total. The van der Waals surface area contributed by atoms with Crippen LogP contribution in [0.4, 0.5) is 4.39 Å². The lowest BCUT2D eigenvalue weighted by molar-refractivity contribution is 0.626. The molecule has 0 spiro atoms. The number of H-pyrrole nitrogens is 1. The summed E-state index contributed by atoms with van der Waals surface area (Å²) in [6, 6.07) is 24.4. The topological polar surface area (TPSA) is 50.7 Å². The fraction of sp³-hybridized carbons (Fsp3) is 0.111. The highest BCUT2D eigenvalue weighted by molar-refractivity contribution is 5.60. The lowest BCUT2D eigenvalue weighted by atomic mass is 10.1. The number of nitrogens with zero attached hydrogens (tertiary/aromatic N) is 2. The number of hydrogen-bond donors (Lipinski definition) is 1. The molecule has 2 aliphatic rings. The SMILES string of the molecule is Cc1cccc(Cc2nc3c(Cc4cccc(F)c4)[nH]c(-c4ccccc4)cn-3c2=O)c1. The van der Waals surface area contributed by atoms with E-state index in [9.17, 15) is 9.18 Å². The van der Waals surface area contributed by atoms with E-state index in [2.05, 4.69) is 11.1 Å². The quantitative estimate of drug-likeness (QED) is 0.417.